The summed E-state index contributed by atoms with van der Waals surface area (Å²) in [6, 6.07) is 8.32. The summed E-state index contributed by atoms with van der Waals surface area (Å²) in [4.78, 5) is 25.3. The van der Waals surface area contributed by atoms with Crippen LogP contribution in [0.1, 0.15) is 21.7 Å². The summed E-state index contributed by atoms with van der Waals surface area (Å²) in [6.45, 7) is 5.70. The molecule has 8 heteroatoms. The fraction of sp³-hybridized carbons (Fsp3) is 0.300. The van der Waals surface area contributed by atoms with Crippen LogP contribution in [-0.2, 0) is 0 Å². The molecule has 0 aliphatic carbocycles. The van der Waals surface area contributed by atoms with E-state index in [0.717, 1.165) is 11.4 Å². The monoisotopic (exact) mass is 381 g/mol. The summed E-state index contributed by atoms with van der Waals surface area (Å²) >= 11 is 0. The van der Waals surface area contributed by atoms with Crippen molar-refractivity contribution < 1.29 is 13.7 Å². The minimum atomic E-state index is -0.363. The van der Waals surface area contributed by atoms with Gasteiger partial charge in [0.25, 0.3) is 11.8 Å². The molecule has 1 aromatic carbocycles. The molecule has 1 aliphatic rings. The molecule has 0 atom stereocenters. The van der Waals surface area contributed by atoms with Gasteiger partial charge in [-0.15, -0.1) is 0 Å². The highest BCUT2D eigenvalue weighted by atomic mass is 19.1. The molecule has 1 saturated heterocycles. The van der Waals surface area contributed by atoms with Gasteiger partial charge < -0.3 is 14.3 Å². The lowest BCUT2D eigenvalue weighted by Gasteiger charge is -2.36. The molecule has 0 bridgehead atoms. The van der Waals surface area contributed by atoms with Gasteiger partial charge in [-0.3, -0.25) is 4.79 Å². The van der Waals surface area contributed by atoms with Crippen molar-refractivity contribution >= 4 is 11.7 Å². The van der Waals surface area contributed by atoms with Crippen molar-refractivity contribution in [2.24, 2.45) is 0 Å². The van der Waals surface area contributed by atoms with Crippen molar-refractivity contribution in [3.05, 3.63) is 59.3 Å². The number of benzene rings is 1. The predicted molar refractivity (Wildman–Crippen MR) is 102 cm³/mol. The van der Waals surface area contributed by atoms with Gasteiger partial charge in [0, 0.05) is 37.9 Å². The molecule has 3 heterocycles. The van der Waals surface area contributed by atoms with E-state index in [1.807, 2.05) is 12.1 Å². The molecule has 0 spiro atoms. The third-order valence-electron chi connectivity index (χ3n) is 4.83. The topological polar surface area (TPSA) is 75.4 Å². The van der Waals surface area contributed by atoms with Crippen LogP contribution in [0.15, 0.2) is 41.1 Å². The molecule has 1 amide bonds. The zero-order valence-electron chi connectivity index (χ0n) is 15.7. The van der Waals surface area contributed by atoms with E-state index < -0.39 is 0 Å². The molecule has 0 N–H and O–H groups in total. The van der Waals surface area contributed by atoms with Gasteiger partial charge in [-0.05, 0) is 43.7 Å². The SMILES string of the molecule is Cc1noc(-c2cccnc2N2CCN(C(=O)c3ccc(C)c(F)c3)CC2)n1. The Bertz CT molecular complexity index is 1010. The van der Waals surface area contributed by atoms with Crippen molar-refractivity contribution in [1.82, 2.24) is 20.0 Å². The number of anilines is 1. The van der Waals surface area contributed by atoms with E-state index in [2.05, 4.69) is 20.0 Å². The van der Waals surface area contributed by atoms with Crippen LogP contribution in [0, 0.1) is 19.7 Å². The molecule has 0 saturated carbocycles. The van der Waals surface area contributed by atoms with E-state index in [1.165, 1.54) is 6.07 Å². The first-order valence-electron chi connectivity index (χ1n) is 9.09. The number of piperazine rings is 1. The maximum absolute atomic E-state index is 13.8. The lowest BCUT2D eigenvalue weighted by molar-refractivity contribution is 0.0746. The summed E-state index contributed by atoms with van der Waals surface area (Å²) in [5.41, 5.74) is 1.67. The second-order valence-electron chi connectivity index (χ2n) is 6.76. The Morgan fingerprint density at radius 1 is 1.14 bits per heavy atom. The van der Waals surface area contributed by atoms with Crippen LogP contribution in [-0.4, -0.2) is 52.1 Å². The molecule has 0 radical (unpaired) electrons. The van der Waals surface area contributed by atoms with Crippen LogP contribution >= 0.6 is 0 Å². The van der Waals surface area contributed by atoms with Gasteiger partial charge >= 0.3 is 0 Å². The number of carbonyl (C=O) groups is 1. The first-order chi connectivity index (χ1) is 13.5. The van der Waals surface area contributed by atoms with E-state index in [-0.39, 0.29) is 11.7 Å². The van der Waals surface area contributed by atoms with Crippen molar-refractivity contribution in [2.75, 3.05) is 31.1 Å². The summed E-state index contributed by atoms with van der Waals surface area (Å²) < 4.78 is 19.1. The molecule has 144 valence electrons. The standard InChI is InChI=1S/C20H20FN5O2/c1-13-5-6-15(12-17(13)21)20(27)26-10-8-25(9-11-26)18-16(4-3-7-22-18)19-23-14(2)24-28-19/h3-7,12H,8-11H2,1-2H3. The third-order valence-corrected chi connectivity index (χ3v) is 4.83. The summed E-state index contributed by atoms with van der Waals surface area (Å²) in [7, 11) is 0. The number of aryl methyl sites for hydroxylation is 2. The first kappa shape index (κ1) is 18.1. The van der Waals surface area contributed by atoms with Crippen LogP contribution in [0.4, 0.5) is 10.2 Å². The molecule has 1 fully saturated rings. The van der Waals surface area contributed by atoms with Crippen LogP contribution in [0.2, 0.25) is 0 Å². The van der Waals surface area contributed by atoms with E-state index in [0.29, 0.717) is 49.0 Å². The number of pyridine rings is 1. The number of aromatic nitrogens is 3. The highest BCUT2D eigenvalue weighted by Gasteiger charge is 2.25. The predicted octanol–water partition coefficient (Wildman–Crippen LogP) is 2.85. The number of hydrogen-bond donors (Lipinski definition) is 0. The maximum Gasteiger partial charge on any atom is 0.261 e. The molecular weight excluding hydrogens is 361 g/mol. The molecule has 1 aliphatic heterocycles. The first-order valence-corrected chi connectivity index (χ1v) is 9.09. The van der Waals surface area contributed by atoms with Gasteiger partial charge in [0.1, 0.15) is 11.6 Å². The minimum absolute atomic E-state index is 0.160. The van der Waals surface area contributed by atoms with E-state index in [9.17, 15) is 9.18 Å². The Morgan fingerprint density at radius 3 is 2.61 bits per heavy atom. The highest BCUT2D eigenvalue weighted by Crippen LogP contribution is 2.28. The van der Waals surface area contributed by atoms with Gasteiger partial charge in [0.15, 0.2) is 5.82 Å². The maximum atomic E-state index is 13.8. The number of hydrogen-bond acceptors (Lipinski definition) is 6. The zero-order chi connectivity index (χ0) is 19.7. The Balaban J connectivity index is 1.49. The van der Waals surface area contributed by atoms with Crippen LogP contribution in [0.3, 0.4) is 0 Å². The average Bonchev–Trinajstić information content (AvgIpc) is 3.16. The molecule has 4 rings (SSSR count). The van der Waals surface area contributed by atoms with Crippen LogP contribution in [0.5, 0.6) is 0 Å². The number of halogens is 1. The summed E-state index contributed by atoms with van der Waals surface area (Å²) in [5.74, 6) is 1.21. The van der Waals surface area contributed by atoms with Gasteiger partial charge in [-0.1, -0.05) is 11.2 Å². The van der Waals surface area contributed by atoms with Gasteiger partial charge in [-0.25, -0.2) is 9.37 Å². The number of amides is 1. The van der Waals surface area contributed by atoms with E-state index in [4.69, 9.17) is 4.52 Å². The fourth-order valence-electron chi connectivity index (χ4n) is 3.25. The molecule has 28 heavy (non-hydrogen) atoms. The average molecular weight is 381 g/mol. The lowest BCUT2D eigenvalue weighted by atomic mass is 10.1. The van der Waals surface area contributed by atoms with Crippen molar-refractivity contribution in [3.63, 3.8) is 0 Å². The Kier molecular flexibility index (Phi) is 4.77. The minimum Gasteiger partial charge on any atom is -0.352 e. The number of nitrogens with zero attached hydrogens (tertiary/aromatic N) is 5. The third kappa shape index (κ3) is 3.45. The van der Waals surface area contributed by atoms with Gasteiger partial charge in [-0.2, -0.15) is 4.98 Å². The molecule has 3 aromatic rings. The second-order valence-corrected chi connectivity index (χ2v) is 6.76. The second kappa shape index (κ2) is 7.38. The lowest BCUT2D eigenvalue weighted by Crippen LogP contribution is -2.49. The Morgan fingerprint density at radius 2 is 1.93 bits per heavy atom. The van der Waals surface area contributed by atoms with Gasteiger partial charge in [0.2, 0.25) is 0 Å². The Labute approximate surface area is 161 Å². The molecule has 7 nitrogen and oxygen atoms in total. The van der Waals surface area contributed by atoms with Crippen molar-refractivity contribution in [3.8, 4) is 11.5 Å². The molecule has 0 unspecified atom stereocenters. The highest BCUT2D eigenvalue weighted by molar-refractivity contribution is 5.94. The number of rotatable bonds is 3. The summed E-state index contributed by atoms with van der Waals surface area (Å²) in [5, 5.41) is 3.85. The quantitative estimate of drug-likeness (QED) is 0.694. The largest absolute Gasteiger partial charge is 0.352 e. The van der Waals surface area contributed by atoms with Crippen molar-refractivity contribution in [1.29, 1.82) is 0 Å². The fourth-order valence-corrected chi connectivity index (χ4v) is 3.25. The normalized spacial score (nSPS) is 14.4. The number of carbonyl (C=O) groups excluding carboxylic acids is 1. The smallest absolute Gasteiger partial charge is 0.261 e. The van der Waals surface area contributed by atoms with Crippen LogP contribution < -0.4 is 4.90 Å². The van der Waals surface area contributed by atoms with Crippen molar-refractivity contribution in [2.45, 2.75) is 13.8 Å². The van der Waals surface area contributed by atoms with Gasteiger partial charge in [0.05, 0.1) is 5.56 Å². The zero-order valence-corrected chi connectivity index (χ0v) is 15.7. The molecule has 2 aromatic heterocycles. The van der Waals surface area contributed by atoms with Crippen LogP contribution in [0.25, 0.3) is 11.5 Å². The Hall–Kier alpha value is -3.29. The van der Waals surface area contributed by atoms with E-state index in [1.54, 1.807) is 37.1 Å². The van der Waals surface area contributed by atoms with E-state index >= 15 is 0 Å². The summed E-state index contributed by atoms with van der Waals surface area (Å²) in [6.07, 6.45) is 1.72. The molecular formula is C20H20FN5O2.